The van der Waals surface area contributed by atoms with E-state index in [0.29, 0.717) is 12.3 Å². The van der Waals surface area contributed by atoms with Gasteiger partial charge in [0.15, 0.2) is 0 Å². The van der Waals surface area contributed by atoms with Crippen LogP contribution in [0.4, 0.5) is 5.69 Å². The van der Waals surface area contributed by atoms with Gasteiger partial charge in [0.05, 0.1) is 24.8 Å². The molecule has 0 fully saturated rings. The number of carbonyl (C=O) groups excluding carboxylic acids is 2. The summed E-state index contributed by atoms with van der Waals surface area (Å²) in [5.74, 6) is 0.101. The van der Waals surface area contributed by atoms with Crippen LogP contribution in [0.5, 0.6) is 11.5 Å². The summed E-state index contributed by atoms with van der Waals surface area (Å²) in [6.45, 7) is 5.56. The van der Waals surface area contributed by atoms with Crippen LogP contribution in [0.1, 0.15) is 26.3 Å². The van der Waals surface area contributed by atoms with Crippen LogP contribution in [0.25, 0.3) is 0 Å². The largest absolute Gasteiger partial charge is 0.497 e. The molecule has 1 atom stereocenters. The highest BCUT2D eigenvalue weighted by Crippen LogP contribution is 2.33. The Morgan fingerprint density at radius 1 is 0.927 bits per heavy atom. The van der Waals surface area contributed by atoms with E-state index in [1.165, 1.54) is 43.4 Å². The zero-order valence-electron chi connectivity index (χ0n) is 23.8. The van der Waals surface area contributed by atoms with Crippen LogP contribution < -0.4 is 19.1 Å². The second kappa shape index (κ2) is 14.4. The number of amides is 2. The first-order valence-corrected chi connectivity index (χ1v) is 15.3. The minimum atomic E-state index is -4.25. The van der Waals surface area contributed by atoms with Crippen LogP contribution in [-0.2, 0) is 26.2 Å². The van der Waals surface area contributed by atoms with Crippen LogP contribution >= 0.6 is 15.9 Å². The molecule has 3 aromatic carbocycles. The van der Waals surface area contributed by atoms with E-state index >= 15 is 0 Å². The first-order chi connectivity index (χ1) is 19.5. The molecule has 11 heteroatoms. The summed E-state index contributed by atoms with van der Waals surface area (Å²) in [6.07, 6.45) is 0. The Kier molecular flexibility index (Phi) is 11.2. The lowest BCUT2D eigenvalue weighted by molar-refractivity contribution is -0.139. The van der Waals surface area contributed by atoms with Crippen molar-refractivity contribution in [3.63, 3.8) is 0 Å². The molecule has 0 aliphatic rings. The molecule has 0 unspecified atom stereocenters. The van der Waals surface area contributed by atoms with Crippen molar-refractivity contribution in [3.05, 3.63) is 82.8 Å². The van der Waals surface area contributed by atoms with Crippen molar-refractivity contribution < 1.29 is 27.5 Å². The summed E-state index contributed by atoms with van der Waals surface area (Å²) < 4.78 is 40.5. The van der Waals surface area contributed by atoms with E-state index < -0.39 is 28.5 Å². The van der Waals surface area contributed by atoms with Crippen molar-refractivity contribution in [1.82, 2.24) is 10.2 Å². The molecule has 0 aliphatic carbocycles. The summed E-state index contributed by atoms with van der Waals surface area (Å²) in [5, 5.41) is 2.88. The number of ether oxygens (including phenoxy) is 2. The van der Waals surface area contributed by atoms with Gasteiger partial charge in [0.2, 0.25) is 11.8 Å². The highest BCUT2D eigenvalue weighted by molar-refractivity contribution is 9.10. The van der Waals surface area contributed by atoms with Crippen LogP contribution in [0, 0.1) is 5.92 Å². The molecule has 220 valence electrons. The first kappa shape index (κ1) is 32.0. The number of carbonyl (C=O) groups is 2. The maximum atomic E-state index is 14.0. The summed E-state index contributed by atoms with van der Waals surface area (Å²) >= 11 is 3.45. The van der Waals surface area contributed by atoms with Gasteiger partial charge >= 0.3 is 0 Å². The van der Waals surface area contributed by atoms with Gasteiger partial charge in [-0.15, -0.1) is 0 Å². The van der Waals surface area contributed by atoms with E-state index in [0.717, 1.165) is 14.3 Å². The van der Waals surface area contributed by atoms with E-state index in [2.05, 4.69) is 21.2 Å². The molecular weight excluding hydrogens is 610 g/mol. The predicted octanol–water partition coefficient (Wildman–Crippen LogP) is 4.85. The lowest BCUT2D eigenvalue weighted by Crippen LogP contribution is -2.51. The molecule has 0 heterocycles. The number of halogens is 1. The molecule has 41 heavy (non-hydrogen) atoms. The Hall–Kier alpha value is -3.57. The highest BCUT2D eigenvalue weighted by Gasteiger charge is 2.33. The first-order valence-electron chi connectivity index (χ1n) is 13.1. The maximum absolute atomic E-state index is 14.0. The zero-order valence-corrected chi connectivity index (χ0v) is 26.2. The normalized spacial score (nSPS) is 12.0. The Bertz CT molecular complexity index is 1450. The third kappa shape index (κ3) is 8.23. The summed E-state index contributed by atoms with van der Waals surface area (Å²) in [4.78, 5) is 28.5. The molecule has 1 N–H and O–H groups in total. The molecule has 3 aromatic rings. The van der Waals surface area contributed by atoms with E-state index in [4.69, 9.17) is 9.47 Å². The van der Waals surface area contributed by atoms with Crippen LogP contribution in [0.15, 0.2) is 82.2 Å². The molecule has 0 saturated heterocycles. The second-order valence-electron chi connectivity index (χ2n) is 9.83. The lowest BCUT2D eigenvalue weighted by Gasteiger charge is -2.32. The minimum Gasteiger partial charge on any atom is -0.497 e. The molecule has 3 rings (SSSR count). The molecule has 0 spiro atoms. The monoisotopic (exact) mass is 645 g/mol. The molecule has 9 nitrogen and oxygen atoms in total. The number of methoxy groups -OCH3 is 2. The fourth-order valence-electron chi connectivity index (χ4n) is 4.09. The minimum absolute atomic E-state index is 0.0294. The van der Waals surface area contributed by atoms with E-state index in [-0.39, 0.29) is 34.7 Å². The van der Waals surface area contributed by atoms with Gasteiger partial charge < -0.3 is 19.7 Å². The number of nitrogens with one attached hydrogen (secondary N) is 1. The van der Waals surface area contributed by atoms with E-state index in [1.807, 2.05) is 38.1 Å². The van der Waals surface area contributed by atoms with Crippen molar-refractivity contribution >= 4 is 43.5 Å². The predicted molar refractivity (Wildman–Crippen MR) is 163 cm³/mol. The third-order valence-electron chi connectivity index (χ3n) is 6.37. The number of anilines is 1. The smallest absolute Gasteiger partial charge is 0.264 e. The Labute approximate surface area is 250 Å². The maximum Gasteiger partial charge on any atom is 0.264 e. The Morgan fingerprint density at radius 2 is 1.61 bits per heavy atom. The molecule has 0 saturated carbocycles. The van der Waals surface area contributed by atoms with Gasteiger partial charge in [0.25, 0.3) is 10.0 Å². The fourth-order valence-corrected chi connectivity index (χ4v) is 5.96. The number of hydrogen-bond donors (Lipinski definition) is 1. The molecule has 0 aliphatic heterocycles. The molecule has 2 amide bonds. The molecule has 0 radical (unpaired) electrons. The van der Waals surface area contributed by atoms with Gasteiger partial charge in [-0.25, -0.2) is 8.42 Å². The topological polar surface area (TPSA) is 105 Å². The molecular formula is C30H36BrN3O6S. The van der Waals surface area contributed by atoms with Gasteiger partial charge in [-0.3, -0.25) is 13.9 Å². The van der Waals surface area contributed by atoms with Gasteiger partial charge in [0.1, 0.15) is 24.1 Å². The molecule has 0 aromatic heterocycles. The van der Waals surface area contributed by atoms with Crippen LogP contribution in [0.2, 0.25) is 0 Å². The number of hydrogen-bond acceptors (Lipinski definition) is 6. The quantitative estimate of drug-likeness (QED) is 0.285. The average Bonchev–Trinajstić information content (AvgIpc) is 2.96. The summed E-state index contributed by atoms with van der Waals surface area (Å²) in [5.41, 5.74) is 0.969. The van der Waals surface area contributed by atoms with E-state index in [9.17, 15) is 18.0 Å². The van der Waals surface area contributed by atoms with E-state index in [1.54, 1.807) is 31.2 Å². The summed E-state index contributed by atoms with van der Waals surface area (Å²) in [7, 11) is -1.33. The number of benzene rings is 3. The van der Waals surface area contributed by atoms with Crippen molar-refractivity contribution in [2.45, 2.75) is 38.3 Å². The lowest BCUT2D eigenvalue weighted by atomic mass is 10.1. The second-order valence-corrected chi connectivity index (χ2v) is 12.6. The fraction of sp³-hybridized carbons (Fsp3) is 0.333. The molecule has 0 bridgehead atoms. The standard InChI is InChI=1S/C30H36BrN3O6S/c1-21(2)18-32-30(36)22(3)33(19-23-9-8-10-24(31)17-23)29(35)20-34(27-11-6-7-12-28(27)40-5)41(37,38)26-15-13-25(39-4)14-16-26/h6-17,21-22H,18-20H2,1-5H3,(H,32,36)/t22-/m1/s1. The van der Waals surface area contributed by atoms with Crippen molar-refractivity contribution in [3.8, 4) is 11.5 Å². The van der Waals surface area contributed by atoms with Gasteiger partial charge in [-0.05, 0) is 66.9 Å². The third-order valence-corrected chi connectivity index (χ3v) is 8.64. The van der Waals surface area contributed by atoms with Crippen LogP contribution in [0.3, 0.4) is 0 Å². The van der Waals surface area contributed by atoms with Gasteiger partial charge in [-0.2, -0.15) is 0 Å². The Balaban J connectivity index is 2.05. The van der Waals surface area contributed by atoms with Crippen molar-refractivity contribution in [1.29, 1.82) is 0 Å². The number of rotatable bonds is 13. The Morgan fingerprint density at radius 3 is 2.22 bits per heavy atom. The van der Waals surface area contributed by atoms with Gasteiger partial charge in [0, 0.05) is 17.6 Å². The highest BCUT2D eigenvalue weighted by atomic mass is 79.9. The van der Waals surface area contributed by atoms with Crippen molar-refractivity contribution in [2.75, 3.05) is 31.6 Å². The van der Waals surface area contributed by atoms with Crippen LogP contribution in [-0.4, -0.2) is 58.5 Å². The van der Waals surface area contributed by atoms with Gasteiger partial charge in [-0.1, -0.05) is 54.0 Å². The average molecular weight is 647 g/mol. The number of nitrogens with zero attached hydrogens (tertiary/aromatic N) is 2. The number of para-hydroxylation sites is 2. The SMILES string of the molecule is COc1ccc(S(=O)(=O)N(CC(=O)N(Cc2cccc(Br)c2)[C@H](C)C(=O)NCC(C)C)c2ccccc2OC)cc1. The summed E-state index contributed by atoms with van der Waals surface area (Å²) in [6, 6.07) is 19.0. The van der Waals surface area contributed by atoms with Crippen molar-refractivity contribution in [2.24, 2.45) is 5.92 Å². The zero-order chi connectivity index (χ0) is 30.2. The number of sulfonamides is 1.